The summed E-state index contributed by atoms with van der Waals surface area (Å²) < 4.78 is 0. The monoisotopic (exact) mass is 284 g/mol. The Morgan fingerprint density at radius 3 is 1.95 bits per heavy atom. The maximum Gasteiger partial charge on any atom is 0.238 e. The smallest absolute Gasteiger partial charge is 0.211 e. The van der Waals surface area contributed by atoms with E-state index in [9.17, 15) is 9.59 Å². The van der Waals surface area contributed by atoms with Crippen LogP contribution in [0.4, 0.5) is 0 Å². The molecule has 5 heteroatoms. The van der Waals surface area contributed by atoms with Crippen molar-refractivity contribution in [2.75, 3.05) is 0 Å². The fourth-order valence-electron chi connectivity index (χ4n) is 1.98. The Morgan fingerprint density at radius 1 is 0.850 bits per heavy atom. The van der Waals surface area contributed by atoms with Crippen molar-refractivity contribution in [3.05, 3.63) is 70.7 Å². The molecule has 0 aliphatic heterocycles. The van der Waals surface area contributed by atoms with Crippen molar-refractivity contribution in [3.63, 3.8) is 0 Å². The number of carbonyl (C=O) groups excluding carboxylic acids is 2. The Kier molecular flexibility index (Phi) is 4.24. The van der Waals surface area contributed by atoms with Crippen LogP contribution in [0.3, 0.4) is 0 Å². The molecule has 0 unspecified atom stereocenters. The first kappa shape index (κ1) is 13.9. The number of rotatable bonds is 4. The van der Waals surface area contributed by atoms with Crippen molar-refractivity contribution >= 4 is 23.8 Å². The van der Waals surface area contributed by atoms with Gasteiger partial charge in [-0.15, -0.1) is 0 Å². The van der Waals surface area contributed by atoms with Gasteiger partial charge in [0.15, 0.2) is 0 Å². The molecule has 20 heavy (non-hydrogen) atoms. The van der Waals surface area contributed by atoms with Crippen LogP contribution < -0.4 is 0 Å². The van der Waals surface area contributed by atoms with Crippen molar-refractivity contribution < 1.29 is 9.59 Å². The quantitative estimate of drug-likeness (QED) is 0.639. The van der Waals surface area contributed by atoms with Crippen LogP contribution in [0, 0.1) is 0 Å². The van der Waals surface area contributed by atoms with Crippen molar-refractivity contribution in [1.82, 2.24) is 0 Å². The minimum atomic E-state index is -1.55. The van der Waals surface area contributed by atoms with E-state index in [4.69, 9.17) is 11.6 Å². The zero-order valence-electron chi connectivity index (χ0n) is 10.3. The largest absolute Gasteiger partial charge is 0.238 e. The van der Waals surface area contributed by atoms with E-state index in [-0.39, 0.29) is 0 Å². The van der Waals surface area contributed by atoms with Gasteiger partial charge in [0.25, 0.3) is 0 Å². The van der Waals surface area contributed by atoms with Crippen LogP contribution >= 0.6 is 11.6 Å². The molecule has 4 nitrogen and oxygen atoms in total. The van der Waals surface area contributed by atoms with Gasteiger partial charge < -0.3 is 0 Å². The summed E-state index contributed by atoms with van der Waals surface area (Å²) in [7, 11) is 0. The van der Waals surface area contributed by atoms with Crippen LogP contribution in [-0.2, 0) is 15.3 Å². The van der Waals surface area contributed by atoms with Gasteiger partial charge in [-0.25, -0.2) is 9.59 Å². The fourth-order valence-corrected chi connectivity index (χ4v) is 2.24. The van der Waals surface area contributed by atoms with E-state index in [0.717, 1.165) is 0 Å². The first-order chi connectivity index (χ1) is 9.74. The highest BCUT2D eigenvalue weighted by Crippen LogP contribution is 2.38. The first-order valence-corrected chi connectivity index (χ1v) is 6.11. The summed E-state index contributed by atoms with van der Waals surface area (Å²) in [4.78, 5) is 29.1. The molecule has 2 rings (SSSR count). The number of benzene rings is 2. The van der Waals surface area contributed by atoms with Gasteiger partial charge in [-0.05, 0) is 6.07 Å². The van der Waals surface area contributed by atoms with Crippen LogP contribution in [0.5, 0.6) is 0 Å². The molecule has 0 aromatic heterocycles. The molecule has 0 amide bonds. The highest BCUT2D eigenvalue weighted by molar-refractivity contribution is 6.31. The van der Waals surface area contributed by atoms with Crippen molar-refractivity contribution in [2.24, 2.45) is 9.98 Å². The second-order valence-electron chi connectivity index (χ2n) is 3.92. The van der Waals surface area contributed by atoms with Gasteiger partial charge >= 0.3 is 0 Å². The number of halogens is 1. The van der Waals surface area contributed by atoms with E-state index >= 15 is 0 Å². The zero-order chi connectivity index (χ0) is 14.4. The van der Waals surface area contributed by atoms with E-state index in [0.29, 0.717) is 16.1 Å². The highest BCUT2D eigenvalue weighted by atomic mass is 35.5. The van der Waals surface area contributed by atoms with E-state index in [1.165, 1.54) is 12.2 Å². The molecule has 0 N–H and O–H groups in total. The Labute approximate surface area is 120 Å². The normalized spacial score (nSPS) is 12.7. The molecule has 0 saturated carbocycles. The molecular formula is C15H9ClN2O2. The molecule has 0 heterocycles. The minimum Gasteiger partial charge on any atom is -0.211 e. The Bertz CT molecular complexity index is 685. The van der Waals surface area contributed by atoms with Crippen molar-refractivity contribution in [2.45, 2.75) is 5.66 Å². The molecular weight excluding hydrogens is 276 g/mol. The third-order valence-corrected chi connectivity index (χ3v) is 3.17. The Balaban J connectivity index is 2.82. The van der Waals surface area contributed by atoms with Gasteiger partial charge in [0.05, 0.1) is 0 Å². The molecule has 2 aromatic carbocycles. The van der Waals surface area contributed by atoms with Crippen LogP contribution in [0.1, 0.15) is 11.1 Å². The summed E-state index contributed by atoms with van der Waals surface area (Å²) in [5.41, 5.74) is -0.609. The summed E-state index contributed by atoms with van der Waals surface area (Å²) in [6.07, 6.45) is 2.92. The molecule has 0 fully saturated rings. The molecule has 0 saturated heterocycles. The third kappa shape index (κ3) is 2.44. The van der Waals surface area contributed by atoms with Gasteiger partial charge in [0.2, 0.25) is 17.8 Å². The highest BCUT2D eigenvalue weighted by Gasteiger charge is 2.36. The van der Waals surface area contributed by atoms with Gasteiger partial charge in [-0.1, -0.05) is 60.1 Å². The van der Waals surface area contributed by atoms with Gasteiger partial charge in [0, 0.05) is 16.1 Å². The molecule has 0 spiro atoms. The maximum atomic E-state index is 10.8. The van der Waals surface area contributed by atoms with Crippen LogP contribution in [0.2, 0.25) is 5.02 Å². The SMILES string of the molecule is O=C=NC(N=C=O)(c1ccccc1)c1ccccc1Cl. The molecule has 0 aliphatic rings. The lowest BCUT2D eigenvalue weighted by molar-refractivity contribution is 0.516. The van der Waals surface area contributed by atoms with Crippen LogP contribution in [-0.4, -0.2) is 12.2 Å². The number of nitrogens with zero attached hydrogens (tertiary/aromatic N) is 2. The molecule has 0 aliphatic carbocycles. The predicted octanol–water partition coefficient (Wildman–Crippen LogP) is 3.21. The lowest BCUT2D eigenvalue weighted by atomic mass is 9.92. The lowest BCUT2D eigenvalue weighted by Gasteiger charge is -2.24. The summed E-state index contributed by atoms with van der Waals surface area (Å²) in [5, 5.41) is 0.342. The Hall–Kier alpha value is -2.51. The third-order valence-electron chi connectivity index (χ3n) is 2.84. The summed E-state index contributed by atoms with van der Waals surface area (Å²) >= 11 is 6.15. The summed E-state index contributed by atoms with van der Waals surface area (Å²) in [6.45, 7) is 0. The molecule has 0 radical (unpaired) electrons. The van der Waals surface area contributed by atoms with Crippen LogP contribution in [0.15, 0.2) is 64.6 Å². The van der Waals surface area contributed by atoms with Crippen molar-refractivity contribution in [3.8, 4) is 0 Å². The maximum absolute atomic E-state index is 10.8. The molecule has 2 aromatic rings. The van der Waals surface area contributed by atoms with E-state index < -0.39 is 5.66 Å². The average Bonchev–Trinajstić information content (AvgIpc) is 2.48. The minimum absolute atomic E-state index is 0.342. The zero-order valence-corrected chi connectivity index (χ0v) is 11.0. The standard InChI is InChI=1S/C15H9ClN2O2/c16-14-9-5-4-8-13(14)15(17-10-19,18-11-20)12-6-2-1-3-7-12/h1-9H. The molecule has 98 valence electrons. The molecule has 0 bridgehead atoms. The van der Waals surface area contributed by atoms with E-state index in [1.807, 2.05) is 0 Å². The second kappa shape index (κ2) is 6.09. The Morgan fingerprint density at radius 2 is 1.40 bits per heavy atom. The first-order valence-electron chi connectivity index (χ1n) is 5.73. The van der Waals surface area contributed by atoms with Gasteiger partial charge in [0.1, 0.15) is 0 Å². The summed E-state index contributed by atoms with van der Waals surface area (Å²) in [6, 6.07) is 15.4. The number of hydrogen-bond donors (Lipinski definition) is 0. The fraction of sp³-hybridized carbons (Fsp3) is 0.0667. The van der Waals surface area contributed by atoms with Crippen LogP contribution in [0.25, 0.3) is 0 Å². The average molecular weight is 285 g/mol. The number of hydrogen-bond acceptors (Lipinski definition) is 4. The van der Waals surface area contributed by atoms with Gasteiger partial charge in [-0.3, -0.25) is 0 Å². The van der Waals surface area contributed by atoms with Gasteiger partial charge in [-0.2, -0.15) is 9.98 Å². The predicted molar refractivity (Wildman–Crippen MR) is 74.9 cm³/mol. The van der Waals surface area contributed by atoms with E-state index in [1.54, 1.807) is 54.6 Å². The molecule has 0 atom stereocenters. The second-order valence-corrected chi connectivity index (χ2v) is 4.33. The lowest BCUT2D eigenvalue weighted by Crippen LogP contribution is -2.23. The van der Waals surface area contributed by atoms with E-state index in [2.05, 4.69) is 9.98 Å². The number of isocyanates is 2. The topological polar surface area (TPSA) is 58.9 Å². The summed E-state index contributed by atoms with van der Waals surface area (Å²) in [5.74, 6) is 0. The van der Waals surface area contributed by atoms with Crippen molar-refractivity contribution in [1.29, 1.82) is 0 Å². The number of aliphatic imine (C=N–C) groups is 2.